The Hall–Kier alpha value is -2.10. The predicted molar refractivity (Wildman–Crippen MR) is 91.2 cm³/mol. The van der Waals surface area contributed by atoms with E-state index in [2.05, 4.69) is 27.0 Å². The molecule has 0 saturated heterocycles. The van der Waals surface area contributed by atoms with E-state index in [1.807, 2.05) is 18.3 Å². The maximum atomic E-state index is 12.1. The molecule has 23 heavy (non-hydrogen) atoms. The summed E-state index contributed by atoms with van der Waals surface area (Å²) in [6.07, 6.45) is 9.86. The van der Waals surface area contributed by atoms with E-state index in [-0.39, 0.29) is 5.91 Å². The first-order valence-electron chi connectivity index (χ1n) is 8.74. The normalized spacial score (nSPS) is 17.4. The van der Waals surface area contributed by atoms with Crippen LogP contribution in [0.15, 0.2) is 30.5 Å². The number of amides is 1. The first-order valence-corrected chi connectivity index (χ1v) is 8.74. The molecule has 0 radical (unpaired) electrons. The van der Waals surface area contributed by atoms with Crippen LogP contribution in [0.4, 0.5) is 5.69 Å². The van der Waals surface area contributed by atoms with Crippen LogP contribution >= 0.6 is 0 Å². The number of aryl methyl sites for hydroxylation is 1. The van der Waals surface area contributed by atoms with Crippen LogP contribution < -0.4 is 5.32 Å². The number of anilines is 1. The number of nitrogens with one attached hydrogen (secondary N) is 1. The van der Waals surface area contributed by atoms with E-state index in [0.717, 1.165) is 18.7 Å². The summed E-state index contributed by atoms with van der Waals surface area (Å²) in [5.74, 6) is 1.92. The van der Waals surface area contributed by atoms with Gasteiger partial charge in [0, 0.05) is 25.1 Å². The van der Waals surface area contributed by atoms with Crippen LogP contribution in [0.25, 0.3) is 11.3 Å². The molecular weight excluding hydrogens is 286 g/mol. The van der Waals surface area contributed by atoms with Crippen LogP contribution in [0.3, 0.4) is 0 Å². The van der Waals surface area contributed by atoms with Crippen LogP contribution in [-0.4, -0.2) is 15.5 Å². The third-order valence-electron chi connectivity index (χ3n) is 5.13. The number of benzene rings is 1. The molecule has 1 aromatic carbocycles. The van der Waals surface area contributed by atoms with Gasteiger partial charge < -0.3 is 9.88 Å². The zero-order valence-corrected chi connectivity index (χ0v) is 13.4. The summed E-state index contributed by atoms with van der Waals surface area (Å²) in [6.45, 7) is 1.06. The lowest BCUT2D eigenvalue weighted by molar-refractivity contribution is -0.117. The van der Waals surface area contributed by atoms with Crippen LogP contribution in [0.2, 0.25) is 0 Å². The molecule has 0 spiro atoms. The molecule has 4 rings (SSSR count). The number of carbonyl (C=O) groups is 1. The number of fused-ring (bicyclic) bond motifs is 1. The minimum atomic E-state index is 0.148. The fourth-order valence-electron chi connectivity index (χ4n) is 3.90. The average molecular weight is 309 g/mol. The fourth-order valence-corrected chi connectivity index (χ4v) is 3.90. The van der Waals surface area contributed by atoms with Crippen molar-refractivity contribution in [1.29, 1.82) is 0 Å². The number of imidazole rings is 1. The van der Waals surface area contributed by atoms with Crippen molar-refractivity contribution in [3.63, 3.8) is 0 Å². The summed E-state index contributed by atoms with van der Waals surface area (Å²) in [7, 11) is 0. The van der Waals surface area contributed by atoms with Gasteiger partial charge in [0.2, 0.25) is 5.91 Å². The molecule has 1 amide bonds. The Morgan fingerprint density at radius 1 is 1.17 bits per heavy atom. The minimum absolute atomic E-state index is 0.148. The second-order valence-electron chi connectivity index (χ2n) is 6.79. The summed E-state index contributed by atoms with van der Waals surface area (Å²) in [5.41, 5.74) is 3.23. The third kappa shape index (κ3) is 3.03. The molecule has 0 unspecified atom stereocenters. The maximum absolute atomic E-state index is 12.1. The highest BCUT2D eigenvalue weighted by Gasteiger charge is 2.19. The van der Waals surface area contributed by atoms with Crippen molar-refractivity contribution < 1.29 is 4.79 Å². The van der Waals surface area contributed by atoms with Crippen molar-refractivity contribution in [2.75, 3.05) is 5.32 Å². The van der Waals surface area contributed by atoms with Crippen LogP contribution in [0.1, 0.15) is 44.3 Å². The van der Waals surface area contributed by atoms with Gasteiger partial charge in [-0.3, -0.25) is 4.79 Å². The van der Waals surface area contributed by atoms with E-state index in [9.17, 15) is 4.79 Å². The number of hydrogen-bond donors (Lipinski definition) is 1. The van der Waals surface area contributed by atoms with Gasteiger partial charge in [0.1, 0.15) is 5.82 Å². The van der Waals surface area contributed by atoms with Crippen molar-refractivity contribution in [1.82, 2.24) is 9.55 Å². The van der Waals surface area contributed by atoms with E-state index in [0.29, 0.717) is 12.3 Å². The van der Waals surface area contributed by atoms with Gasteiger partial charge in [-0.2, -0.15) is 0 Å². The Labute approximate surface area is 136 Å². The maximum Gasteiger partial charge on any atom is 0.224 e. The SMILES string of the molecule is O=C(CC1CCCC1)Nc1ccc(-c2cnc3n2CCC3)cc1. The second-order valence-corrected chi connectivity index (χ2v) is 6.79. The zero-order valence-electron chi connectivity index (χ0n) is 13.4. The molecule has 1 fully saturated rings. The lowest BCUT2D eigenvalue weighted by Gasteiger charge is -2.10. The Morgan fingerprint density at radius 3 is 2.74 bits per heavy atom. The smallest absolute Gasteiger partial charge is 0.224 e. The summed E-state index contributed by atoms with van der Waals surface area (Å²) < 4.78 is 2.30. The van der Waals surface area contributed by atoms with Gasteiger partial charge in [0.05, 0.1) is 11.9 Å². The molecule has 2 aliphatic rings. The number of aromatic nitrogens is 2. The van der Waals surface area contributed by atoms with Crippen LogP contribution in [0, 0.1) is 5.92 Å². The monoisotopic (exact) mass is 309 g/mol. The molecule has 0 atom stereocenters. The van der Waals surface area contributed by atoms with E-state index < -0.39 is 0 Å². The van der Waals surface area contributed by atoms with Crippen LogP contribution in [-0.2, 0) is 17.8 Å². The van der Waals surface area contributed by atoms with Gasteiger partial charge >= 0.3 is 0 Å². The molecule has 0 bridgehead atoms. The first kappa shape index (κ1) is 14.5. The molecule has 1 aliphatic heterocycles. The predicted octanol–water partition coefficient (Wildman–Crippen LogP) is 4.02. The van der Waals surface area contributed by atoms with Crippen molar-refractivity contribution >= 4 is 11.6 Å². The summed E-state index contributed by atoms with van der Waals surface area (Å²) in [5, 5.41) is 3.03. The van der Waals surface area contributed by atoms with Crippen molar-refractivity contribution in [2.45, 2.75) is 51.5 Å². The van der Waals surface area contributed by atoms with E-state index >= 15 is 0 Å². The summed E-state index contributed by atoms with van der Waals surface area (Å²) in [4.78, 5) is 16.6. The number of hydrogen-bond acceptors (Lipinski definition) is 2. The van der Waals surface area contributed by atoms with E-state index in [1.54, 1.807) is 0 Å². The Balaban J connectivity index is 1.42. The van der Waals surface area contributed by atoms with Gasteiger partial charge in [-0.25, -0.2) is 4.98 Å². The van der Waals surface area contributed by atoms with Gasteiger partial charge in [-0.05, 0) is 42.9 Å². The Kier molecular flexibility index (Phi) is 3.90. The molecule has 4 heteroatoms. The number of nitrogens with zero attached hydrogens (tertiary/aromatic N) is 2. The minimum Gasteiger partial charge on any atom is -0.328 e. The molecule has 2 heterocycles. The molecule has 1 aromatic heterocycles. The van der Waals surface area contributed by atoms with Crippen molar-refractivity contribution in [2.24, 2.45) is 5.92 Å². The first-order chi connectivity index (χ1) is 11.3. The summed E-state index contributed by atoms with van der Waals surface area (Å²) in [6, 6.07) is 8.15. The Bertz CT molecular complexity index is 696. The van der Waals surface area contributed by atoms with Gasteiger partial charge in [-0.1, -0.05) is 25.0 Å². The Morgan fingerprint density at radius 2 is 1.96 bits per heavy atom. The van der Waals surface area contributed by atoms with Crippen molar-refractivity contribution in [3.05, 3.63) is 36.3 Å². The summed E-state index contributed by atoms with van der Waals surface area (Å²) >= 11 is 0. The van der Waals surface area contributed by atoms with Gasteiger partial charge in [0.25, 0.3) is 0 Å². The van der Waals surface area contributed by atoms with Crippen molar-refractivity contribution in [3.8, 4) is 11.3 Å². The molecule has 2 aromatic rings. The molecular formula is C19H23N3O. The highest BCUT2D eigenvalue weighted by molar-refractivity contribution is 5.91. The standard InChI is InChI=1S/C19H23N3O/c23-19(12-14-4-1-2-5-14)21-16-9-7-15(8-10-16)17-13-20-18-6-3-11-22(17)18/h7-10,13-14H,1-6,11-12H2,(H,21,23). The highest BCUT2D eigenvalue weighted by Crippen LogP contribution is 2.29. The average Bonchev–Trinajstić information content (AvgIpc) is 3.25. The van der Waals surface area contributed by atoms with E-state index in [1.165, 1.54) is 49.2 Å². The number of rotatable bonds is 4. The number of carbonyl (C=O) groups excluding carboxylic acids is 1. The van der Waals surface area contributed by atoms with E-state index in [4.69, 9.17) is 0 Å². The topological polar surface area (TPSA) is 46.9 Å². The molecule has 1 N–H and O–H groups in total. The molecule has 120 valence electrons. The largest absolute Gasteiger partial charge is 0.328 e. The highest BCUT2D eigenvalue weighted by atomic mass is 16.1. The fraction of sp³-hybridized carbons (Fsp3) is 0.474. The third-order valence-corrected chi connectivity index (χ3v) is 5.13. The molecule has 1 saturated carbocycles. The quantitative estimate of drug-likeness (QED) is 0.927. The molecule has 4 nitrogen and oxygen atoms in total. The lowest BCUT2D eigenvalue weighted by atomic mass is 10.0. The van der Waals surface area contributed by atoms with Gasteiger partial charge in [0.15, 0.2) is 0 Å². The molecule has 1 aliphatic carbocycles. The van der Waals surface area contributed by atoms with Crippen LogP contribution in [0.5, 0.6) is 0 Å². The van der Waals surface area contributed by atoms with Gasteiger partial charge in [-0.15, -0.1) is 0 Å². The lowest BCUT2D eigenvalue weighted by Crippen LogP contribution is -2.15. The second kappa shape index (κ2) is 6.19. The zero-order chi connectivity index (χ0) is 15.6.